The molecule has 0 N–H and O–H groups in total. The smallest absolute Gasteiger partial charge is 0.336 e. The van der Waals surface area contributed by atoms with Crippen molar-refractivity contribution in [2.75, 3.05) is 33.3 Å². The van der Waals surface area contributed by atoms with Crippen molar-refractivity contribution in [1.29, 1.82) is 0 Å². The van der Waals surface area contributed by atoms with Crippen LogP contribution in [0.2, 0.25) is 5.02 Å². The van der Waals surface area contributed by atoms with E-state index < -0.39 is 6.04 Å². The van der Waals surface area contributed by atoms with Crippen molar-refractivity contribution < 1.29 is 13.9 Å². The molecule has 0 spiro atoms. The van der Waals surface area contributed by atoms with Crippen LogP contribution in [-0.2, 0) is 16.1 Å². The number of nitrogens with zero attached hydrogens (tertiary/aromatic N) is 2. The zero-order valence-corrected chi connectivity index (χ0v) is 19.3. The number of halogens is 1. The number of carbonyl (C=O) groups excluding carboxylic acids is 1. The Morgan fingerprint density at radius 3 is 2.38 bits per heavy atom. The summed E-state index contributed by atoms with van der Waals surface area (Å²) in [4.78, 5) is 29.1. The minimum Gasteiger partial charge on any atom is -0.468 e. The Kier molecular flexibility index (Phi) is 6.65. The van der Waals surface area contributed by atoms with E-state index in [1.54, 1.807) is 18.2 Å². The van der Waals surface area contributed by atoms with Gasteiger partial charge in [0, 0.05) is 49.2 Å². The molecule has 32 heavy (non-hydrogen) atoms. The van der Waals surface area contributed by atoms with Gasteiger partial charge in [-0.1, -0.05) is 23.7 Å². The molecular formula is C25H27ClN2O4. The first-order chi connectivity index (χ1) is 15.4. The van der Waals surface area contributed by atoms with Crippen molar-refractivity contribution in [2.24, 2.45) is 0 Å². The van der Waals surface area contributed by atoms with Gasteiger partial charge in [-0.2, -0.15) is 0 Å². The van der Waals surface area contributed by atoms with E-state index in [0.29, 0.717) is 30.2 Å². The van der Waals surface area contributed by atoms with Gasteiger partial charge in [-0.25, -0.2) is 9.59 Å². The average molecular weight is 455 g/mol. The molecule has 0 bridgehead atoms. The second-order valence-corrected chi connectivity index (χ2v) is 8.75. The molecule has 0 radical (unpaired) electrons. The van der Waals surface area contributed by atoms with Gasteiger partial charge >= 0.3 is 11.6 Å². The van der Waals surface area contributed by atoms with Crippen molar-refractivity contribution in [3.63, 3.8) is 0 Å². The molecular weight excluding hydrogens is 428 g/mol. The Hall–Kier alpha value is -2.67. The van der Waals surface area contributed by atoms with Crippen molar-refractivity contribution >= 4 is 28.5 Å². The molecule has 2 aromatic carbocycles. The summed E-state index contributed by atoms with van der Waals surface area (Å²) < 4.78 is 10.5. The predicted octanol–water partition coefficient (Wildman–Crippen LogP) is 4.10. The molecule has 1 saturated heterocycles. The Bertz CT molecular complexity index is 1180. The third-order valence-corrected chi connectivity index (χ3v) is 6.47. The molecule has 2 heterocycles. The van der Waals surface area contributed by atoms with Gasteiger partial charge in [0.25, 0.3) is 0 Å². The summed E-state index contributed by atoms with van der Waals surface area (Å²) in [7, 11) is 1.41. The van der Waals surface area contributed by atoms with E-state index in [4.69, 9.17) is 20.8 Å². The highest BCUT2D eigenvalue weighted by atomic mass is 35.5. The highest BCUT2D eigenvalue weighted by molar-refractivity contribution is 6.30. The van der Waals surface area contributed by atoms with Gasteiger partial charge in [0.15, 0.2) is 0 Å². The first-order valence-corrected chi connectivity index (χ1v) is 11.1. The number of benzene rings is 2. The first-order valence-electron chi connectivity index (χ1n) is 10.7. The summed E-state index contributed by atoms with van der Waals surface area (Å²) in [5.74, 6) is -0.279. The maximum Gasteiger partial charge on any atom is 0.336 e. The van der Waals surface area contributed by atoms with Gasteiger partial charge < -0.3 is 9.15 Å². The van der Waals surface area contributed by atoms with Crippen LogP contribution in [0, 0.1) is 13.8 Å². The van der Waals surface area contributed by atoms with Gasteiger partial charge in [0.1, 0.15) is 11.6 Å². The van der Waals surface area contributed by atoms with Gasteiger partial charge in [-0.05, 0) is 60.4 Å². The van der Waals surface area contributed by atoms with Gasteiger partial charge in [0.05, 0.1) is 7.11 Å². The van der Waals surface area contributed by atoms with E-state index in [-0.39, 0.29) is 11.6 Å². The summed E-state index contributed by atoms with van der Waals surface area (Å²) in [6, 6.07) is 12.5. The first kappa shape index (κ1) is 22.5. The lowest BCUT2D eigenvalue weighted by atomic mass is 10.0. The molecule has 0 aliphatic carbocycles. The quantitative estimate of drug-likeness (QED) is 0.427. The third-order valence-electron chi connectivity index (χ3n) is 6.22. The second kappa shape index (κ2) is 9.45. The number of piperazine rings is 1. The Balaban J connectivity index is 1.51. The number of hydrogen-bond acceptors (Lipinski definition) is 6. The molecule has 4 rings (SSSR count). The minimum absolute atomic E-state index is 0.279. The average Bonchev–Trinajstić information content (AvgIpc) is 2.77. The number of hydrogen-bond donors (Lipinski definition) is 0. The summed E-state index contributed by atoms with van der Waals surface area (Å²) in [6.07, 6.45) is 0. The Morgan fingerprint density at radius 1 is 1.06 bits per heavy atom. The lowest BCUT2D eigenvalue weighted by Crippen LogP contribution is -2.49. The fraction of sp³-hybridized carbons (Fsp3) is 0.360. The zero-order valence-electron chi connectivity index (χ0n) is 18.6. The molecule has 168 valence electrons. The van der Waals surface area contributed by atoms with Crippen molar-refractivity contribution in [3.8, 4) is 0 Å². The van der Waals surface area contributed by atoms with Crippen molar-refractivity contribution in [2.45, 2.75) is 26.4 Å². The minimum atomic E-state index is -0.463. The highest BCUT2D eigenvalue weighted by Crippen LogP contribution is 2.27. The monoisotopic (exact) mass is 454 g/mol. The molecule has 1 aliphatic rings. The zero-order chi connectivity index (χ0) is 22.8. The summed E-state index contributed by atoms with van der Waals surface area (Å²) in [6.45, 7) is 7.69. The van der Waals surface area contributed by atoms with Crippen LogP contribution in [0.25, 0.3) is 11.0 Å². The number of fused-ring (bicyclic) bond motifs is 1. The van der Waals surface area contributed by atoms with E-state index in [2.05, 4.69) is 22.8 Å². The van der Waals surface area contributed by atoms with Crippen molar-refractivity contribution in [1.82, 2.24) is 9.80 Å². The fourth-order valence-corrected chi connectivity index (χ4v) is 4.41. The van der Waals surface area contributed by atoms with Crippen LogP contribution in [0.1, 0.15) is 28.3 Å². The van der Waals surface area contributed by atoms with Crippen LogP contribution in [0.15, 0.2) is 51.7 Å². The number of rotatable bonds is 5. The second-order valence-electron chi connectivity index (χ2n) is 8.31. The van der Waals surface area contributed by atoms with Gasteiger partial charge in [-0.15, -0.1) is 0 Å². The normalized spacial score (nSPS) is 16.2. The van der Waals surface area contributed by atoms with Crippen LogP contribution in [0.5, 0.6) is 0 Å². The molecule has 6 nitrogen and oxygen atoms in total. The predicted molar refractivity (Wildman–Crippen MR) is 125 cm³/mol. The molecule has 1 aromatic heterocycles. The molecule has 0 amide bonds. The van der Waals surface area contributed by atoms with Crippen LogP contribution in [-0.4, -0.2) is 49.1 Å². The van der Waals surface area contributed by atoms with Crippen LogP contribution >= 0.6 is 11.6 Å². The van der Waals surface area contributed by atoms with Crippen LogP contribution in [0.3, 0.4) is 0 Å². The molecule has 1 aliphatic heterocycles. The molecule has 1 atom stereocenters. The lowest BCUT2D eigenvalue weighted by Gasteiger charge is -2.38. The van der Waals surface area contributed by atoms with Crippen molar-refractivity contribution in [3.05, 3.63) is 80.2 Å². The highest BCUT2D eigenvalue weighted by Gasteiger charge is 2.31. The lowest BCUT2D eigenvalue weighted by molar-refractivity contribution is -0.148. The Morgan fingerprint density at radius 2 is 1.72 bits per heavy atom. The molecule has 0 saturated carbocycles. The molecule has 7 heteroatoms. The topological polar surface area (TPSA) is 63.0 Å². The van der Waals surface area contributed by atoms with Gasteiger partial charge in [0.2, 0.25) is 0 Å². The SMILES string of the molecule is COC(=O)C(c1ccc(Cl)cc1)N1CCN(Cc2cc(=O)oc3cc(C)c(C)cc23)CC1. The summed E-state index contributed by atoms with van der Waals surface area (Å²) in [5.41, 5.74) is 4.40. The van der Waals surface area contributed by atoms with Crippen LogP contribution < -0.4 is 5.63 Å². The number of aryl methyl sites for hydroxylation is 2. The third kappa shape index (κ3) is 4.72. The van der Waals surface area contributed by atoms with E-state index in [0.717, 1.165) is 35.2 Å². The van der Waals surface area contributed by atoms with E-state index in [1.165, 1.54) is 12.7 Å². The molecule has 1 fully saturated rings. The number of carbonyl (C=O) groups is 1. The summed E-state index contributed by atoms with van der Waals surface area (Å²) >= 11 is 6.02. The Labute approximate surface area is 192 Å². The van der Waals surface area contributed by atoms with Gasteiger partial charge in [-0.3, -0.25) is 9.80 Å². The standard InChI is InChI=1S/C25H27ClN2O4/c1-16-12-21-19(14-23(29)32-22(21)13-17(16)2)15-27-8-10-28(11-9-27)24(25(30)31-3)18-4-6-20(26)7-5-18/h4-7,12-14,24H,8-11,15H2,1-3H3. The van der Waals surface area contributed by atoms with E-state index in [1.807, 2.05) is 25.1 Å². The maximum absolute atomic E-state index is 12.6. The van der Waals surface area contributed by atoms with E-state index in [9.17, 15) is 9.59 Å². The van der Waals surface area contributed by atoms with E-state index >= 15 is 0 Å². The number of methoxy groups -OCH3 is 1. The fourth-order valence-electron chi connectivity index (χ4n) is 4.29. The number of ether oxygens (including phenoxy) is 1. The molecule has 1 unspecified atom stereocenters. The molecule has 3 aromatic rings. The summed E-state index contributed by atoms with van der Waals surface area (Å²) in [5, 5.41) is 1.61. The largest absolute Gasteiger partial charge is 0.468 e. The van der Waals surface area contributed by atoms with Crippen LogP contribution in [0.4, 0.5) is 0 Å². The maximum atomic E-state index is 12.6. The number of esters is 1.